The average molecular weight is 453 g/mol. The minimum atomic E-state index is -3.75. The van der Waals surface area contributed by atoms with Crippen molar-refractivity contribution >= 4 is 27.5 Å². The molecule has 0 aliphatic carbocycles. The van der Waals surface area contributed by atoms with Crippen molar-refractivity contribution in [3.8, 4) is 11.5 Å². The summed E-state index contributed by atoms with van der Waals surface area (Å²) in [7, 11) is -0.810. The molecule has 1 atom stereocenters. The van der Waals surface area contributed by atoms with Crippen LogP contribution >= 0.6 is 11.6 Å². The zero-order chi connectivity index (χ0) is 21.7. The molecule has 0 spiro atoms. The predicted octanol–water partition coefficient (Wildman–Crippen LogP) is 3.07. The summed E-state index contributed by atoms with van der Waals surface area (Å²) >= 11 is 5.88. The van der Waals surface area contributed by atoms with Crippen LogP contribution in [0.25, 0.3) is 0 Å². The lowest BCUT2D eigenvalue weighted by Gasteiger charge is -2.31. The van der Waals surface area contributed by atoms with Gasteiger partial charge in [-0.15, -0.1) is 0 Å². The van der Waals surface area contributed by atoms with Crippen LogP contribution in [0.4, 0.5) is 0 Å². The Bertz CT molecular complexity index is 995. The number of hydrogen-bond acceptors (Lipinski definition) is 5. The van der Waals surface area contributed by atoms with Crippen molar-refractivity contribution in [2.75, 3.05) is 27.3 Å². The van der Waals surface area contributed by atoms with Crippen molar-refractivity contribution in [3.05, 3.63) is 53.1 Å². The molecule has 0 radical (unpaired) electrons. The minimum Gasteiger partial charge on any atom is -0.493 e. The lowest BCUT2D eigenvalue weighted by atomic mass is 9.99. The van der Waals surface area contributed by atoms with E-state index in [0.29, 0.717) is 42.5 Å². The summed E-state index contributed by atoms with van der Waals surface area (Å²) in [6, 6.07) is 11.7. The van der Waals surface area contributed by atoms with Crippen LogP contribution in [0.1, 0.15) is 18.4 Å². The maximum atomic E-state index is 13.1. The number of carbonyl (C=O) groups excluding carboxylic acids is 1. The highest BCUT2D eigenvalue weighted by atomic mass is 35.5. The Hall–Kier alpha value is -2.29. The first kappa shape index (κ1) is 22.4. The fraction of sp³-hybridized carbons (Fsp3) is 0.381. The van der Waals surface area contributed by atoms with Crippen molar-refractivity contribution < 1.29 is 22.7 Å². The second kappa shape index (κ2) is 9.68. The number of methoxy groups -OCH3 is 2. The van der Waals surface area contributed by atoms with E-state index in [-0.39, 0.29) is 17.3 Å². The van der Waals surface area contributed by atoms with Crippen LogP contribution in [-0.2, 0) is 21.4 Å². The topological polar surface area (TPSA) is 84.9 Å². The van der Waals surface area contributed by atoms with Gasteiger partial charge in [-0.2, -0.15) is 4.31 Å². The number of piperidine rings is 1. The molecule has 30 heavy (non-hydrogen) atoms. The van der Waals surface area contributed by atoms with Crippen molar-refractivity contribution in [1.82, 2.24) is 9.62 Å². The summed E-state index contributed by atoms with van der Waals surface area (Å²) in [5, 5.41) is 3.53. The van der Waals surface area contributed by atoms with Gasteiger partial charge in [-0.25, -0.2) is 8.42 Å². The molecule has 2 aromatic rings. The third kappa shape index (κ3) is 5.06. The summed E-state index contributed by atoms with van der Waals surface area (Å²) in [4.78, 5) is 12.7. The summed E-state index contributed by atoms with van der Waals surface area (Å²) in [5.41, 5.74) is 0.929. The fourth-order valence-electron chi connectivity index (χ4n) is 3.44. The van der Waals surface area contributed by atoms with Gasteiger partial charge in [-0.1, -0.05) is 23.7 Å². The van der Waals surface area contributed by atoms with E-state index >= 15 is 0 Å². The summed E-state index contributed by atoms with van der Waals surface area (Å²) in [5.74, 6) is 0.237. The first-order chi connectivity index (χ1) is 14.3. The fourth-order valence-corrected chi connectivity index (χ4v) is 5.10. The van der Waals surface area contributed by atoms with Gasteiger partial charge in [0, 0.05) is 30.7 Å². The Kier molecular flexibility index (Phi) is 7.23. The molecule has 0 bridgehead atoms. The smallest absolute Gasteiger partial charge is 0.243 e. The van der Waals surface area contributed by atoms with Gasteiger partial charge in [0.15, 0.2) is 11.5 Å². The molecule has 1 aliphatic heterocycles. The van der Waals surface area contributed by atoms with Gasteiger partial charge in [-0.05, 0) is 42.7 Å². The number of halogens is 1. The summed E-state index contributed by atoms with van der Waals surface area (Å²) in [6.45, 7) is 0.885. The van der Waals surface area contributed by atoms with E-state index in [4.69, 9.17) is 21.1 Å². The number of benzene rings is 2. The molecular weight excluding hydrogens is 428 g/mol. The number of ether oxygens (including phenoxy) is 2. The molecule has 7 nitrogen and oxygen atoms in total. The molecule has 162 valence electrons. The molecule has 2 aromatic carbocycles. The van der Waals surface area contributed by atoms with E-state index in [1.165, 1.54) is 30.7 Å². The quantitative estimate of drug-likeness (QED) is 0.697. The molecule has 1 N–H and O–H groups in total. The van der Waals surface area contributed by atoms with Gasteiger partial charge in [0.2, 0.25) is 15.9 Å². The molecule has 0 unspecified atom stereocenters. The number of nitrogens with one attached hydrogen (secondary N) is 1. The molecule has 3 rings (SSSR count). The van der Waals surface area contributed by atoms with E-state index in [0.717, 1.165) is 5.56 Å². The molecule has 0 aromatic heterocycles. The summed E-state index contributed by atoms with van der Waals surface area (Å²) < 4.78 is 38.0. The van der Waals surface area contributed by atoms with Crippen LogP contribution in [0, 0.1) is 5.92 Å². The Balaban J connectivity index is 1.68. The van der Waals surface area contributed by atoms with E-state index in [1.807, 2.05) is 12.1 Å². The van der Waals surface area contributed by atoms with Crippen LogP contribution in [0.15, 0.2) is 47.4 Å². The average Bonchev–Trinajstić information content (AvgIpc) is 2.78. The second-order valence-corrected chi connectivity index (χ2v) is 9.44. The van der Waals surface area contributed by atoms with Gasteiger partial charge in [0.05, 0.1) is 25.0 Å². The molecule has 1 heterocycles. The predicted molar refractivity (Wildman–Crippen MR) is 114 cm³/mol. The molecule has 1 aliphatic rings. The van der Waals surface area contributed by atoms with Crippen LogP contribution in [0.3, 0.4) is 0 Å². The zero-order valence-electron chi connectivity index (χ0n) is 16.9. The van der Waals surface area contributed by atoms with Crippen molar-refractivity contribution in [1.29, 1.82) is 0 Å². The number of carbonyl (C=O) groups is 1. The SMILES string of the molecule is COc1ccc(S(=O)(=O)N2CCC[C@@H](C(=O)NCc3ccc(Cl)cc3)C2)cc1OC. The molecule has 1 fully saturated rings. The van der Waals surface area contributed by atoms with Gasteiger partial charge in [0.1, 0.15) is 0 Å². The first-order valence-electron chi connectivity index (χ1n) is 9.59. The number of sulfonamides is 1. The standard InChI is InChI=1S/C21H25ClN2O5S/c1-28-19-10-9-18(12-20(19)29-2)30(26,27)24-11-3-4-16(14-24)21(25)23-13-15-5-7-17(22)8-6-15/h5-10,12,16H,3-4,11,13-14H2,1-2H3,(H,23,25)/t16-/m1/s1. The Labute approximate surface area is 182 Å². The largest absolute Gasteiger partial charge is 0.493 e. The van der Waals surface area contributed by atoms with Crippen LogP contribution in [0.2, 0.25) is 5.02 Å². The number of rotatable bonds is 7. The molecule has 9 heteroatoms. The van der Waals surface area contributed by atoms with Gasteiger partial charge < -0.3 is 14.8 Å². The number of hydrogen-bond donors (Lipinski definition) is 1. The zero-order valence-corrected chi connectivity index (χ0v) is 18.5. The lowest BCUT2D eigenvalue weighted by Crippen LogP contribution is -2.45. The van der Waals surface area contributed by atoms with Gasteiger partial charge in [0.25, 0.3) is 0 Å². The van der Waals surface area contributed by atoms with E-state index in [2.05, 4.69) is 5.32 Å². The van der Waals surface area contributed by atoms with E-state index in [9.17, 15) is 13.2 Å². The first-order valence-corrected chi connectivity index (χ1v) is 11.4. The molecule has 1 saturated heterocycles. The second-order valence-electron chi connectivity index (χ2n) is 7.06. The Morgan fingerprint density at radius 2 is 1.83 bits per heavy atom. The van der Waals surface area contributed by atoms with Crippen LogP contribution in [-0.4, -0.2) is 45.9 Å². The van der Waals surface area contributed by atoms with Crippen molar-refractivity contribution in [2.45, 2.75) is 24.3 Å². The highest BCUT2D eigenvalue weighted by molar-refractivity contribution is 7.89. The highest BCUT2D eigenvalue weighted by Crippen LogP contribution is 2.32. The molecular formula is C21H25ClN2O5S. The van der Waals surface area contributed by atoms with Crippen molar-refractivity contribution in [2.24, 2.45) is 5.92 Å². The maximum absolute atomic E-state index is 13.1. The van der Waals surface area contributed by atoms with E-state index in [1.54, 1.807) is 18.2 Å². The Morgan fingerprint density at radius 1 is 1.13 bits per heavy atom. The third-order valence-electron chi connectivity index (χ3n) is 5.13. The van der Waals surface area contributed by atoms with Crippen LogP contribution < -0.4 is 14.8 Å². The molecule has 1 amide bonds. The number of amides is 1. The van der Waals surface area contributed by atoms with Crippen LogP contribution in [0.5, 0.6) is 11.5 Å². The lowest BCUT2D eigenvalue weighted by molar-refractivity contribution is -0.126. The highest BCUT2D eigenvalue weighted by Gasteiger charge is 2.33. The van der Waals surface area contributed by atoms with Gasteiger partial charge >= 0.3 is 0 Å². The minimum absolute atomic E-state index is 0.113. The molecule has 0 saturated carbocycles. The Morgan fingerprint density at radius 3 is 2.50 bits per heavy atom. The van der Waals surface area contributed by atoms with E-state index < -0.39 is 15.9 Å². The normalized spacial score (nSPS) is 17.4. The maximum Gasteiger partial charge on any atom is 0.243 e. The summed E-state index contributed by atoms with van der Waals surface area (Å²) in [6.07, 6.45) is 1.26. The van der Waals surface area contributed by atoms with Crippen molar-refractivity contribution in [3.63, 3.8) is 0 Å². The monoisotopic (exact) mass is 452 g/mol. The third-order valence-corrected chi connectivity index (χ3v) is 7.24. The van der Waals surface area contributed by atoms with Gasteiger partial charge in [-0.3, -0.25) is 4.79 Å². The number of nitrogens with zero attached hydrogens (tertiary/aromatic N) is 1.